The van der Waals surface area contributed by atoms with Gasteiger partial charge in [0.15, 0.2) is 5.78 Å². The maximum absolute atomic E-state index is 10.8. The second kappa shape index (κ2) is 43.2. The van der Waals surface area contributed by atoms with Crippen LogP contribution < -0.4 is 0 Å². The number of ether oxygens (including phenoxy) is 7. The molecule has 0 aromatic rings. The van der Waals surface area contributed by atoms with Crippen molar-refractivity contribution in [2.24, 2.45) is 0 Å². The first-order valence-electron chi connectivity index (χ1n) is 12.7. The van der Waals surface area contributed by atoms with E-state index < -0.39 is 0 Å². The van der Waals surface area contributed by atoms with Crippen molar-refractivity contribution in [3.63, 3.8) is 0 Å². The lowest BCUT2D eigenvalue weighted by Crippen LogP contribution is -2.12. The molecule has 0 aliphatic heterocycles. The summed E-state index contributed by atoms with van der Waals surface area (Å²) in [6.45, 7) is 17.0. The van der Waals surface area contributed by atoms with Gasteiger partial charge in [-0.15, -0.1) is 0 Å². The molecule has 0 fully saturated rings. The number of rotatable bonds is 21. The molecule has 0 bridgehead atoms. The van der Waals surface area contributed by atoms with Gasteiger partial charge in [-0.25, -0.2) is 0 Å². The summed E-state index contributed by atoms with van der Waals surface area (Å²) in [5.74, 6) is -0.235. The Morgan fingerprint density at radius 2 is 0.829 bits per heavy atom. The summed E-state index contributed by atoms with van der Waals surface area (Å²) >= 11 is 0. The number of carbonyl (C=O) groups is 2. The summed E-state index contributed by atoms with van der Waals surface area (Å²) in [6.07, 6.45) is 4.18. The number of carbonyl (C=O) groups excluding carboxylic acids is 2. The Morgan fingerprint density at radius 1 is 0.486 bits per heavy atom. The molecule has 0 aliphatic carbocycles. The predicted octanol–water partition coefficient (Wildman–Crippen LogP) is 4.14. The molecule has 9 heteroatoms. The number of hydrogen-bond acceptors (Lipinski definition) is 9. The third-order valence-electron chi connectivity index (χ3n) is 3.40. The molecule has 0 radical (unpaired) electrons. The zero-order chi connectivity index (χ0) is 27.4. The monoisotopic (exact) mass is 512 g/mol. The molecule has 0 unspecified atom stereocenters. The van der Waals surface area contributed by atoms with Crippen LogP contribution in [0.3, 0.4) is 0 Å². The molecule has 0 saturated carbocycles. The zero-order valence-electron chi connectivity index (χ0n) is 24.0. The van der Waals surface area contributed by atoms with Gasteiger partial charge in [0.1, 0.15) is 12.4 Å². The minimum Gasteiger partial charge on any atom is -0.385 e. The van der Waals surface area contributed by atoms with Gasteiger partial charge in [-0.3, -0.25) is 9.59 Å². The third kappa shape index (κ3) is 60.0. The summed E-state index contributed by atoms with van der Waals surface area (Å²) in [6, 6.07) is 0. The summed E-state index contributed by atoms with van der Waals surface area (Å²) < 4.78 is 34.7. The highest BCUT2D eigenvalue weighted by Crippen LogP contribution is 1.88. The maximum Gasteiger partial charge on any atom is 0.165 e. The fourth-order valence-corrected chi connectivity index (χ4v) is 1.86. The van der Waals surface area contributed by atoms with Crippen molar-refractivity contribution in [1.29, 1.82) is 0 Å². The van der Waals surface area contributed by atoms with Gasteiger partial charge in [-0.05, 0) is 32.6 Å². The SMILES string of the molecule is CCCOC.CCCOCC(=O)CC(C)=O.CCCOCCOC.CCCOCCOCCOC. The molecule has 0 aromatic carbocycles. The van der Waals surface area contributed by atoms with Crippen LogP contribution in [0.5, 0.6) is 0 Å². The van der Waals surface area contributed by atoms with Crippen LogP contribution in [0.25, 0.3) is 0 Å². The van der Waals surface area contributed by atoms with Crippen molar-refractivity contribution in [3.8, 4) is 0 Å². The van der Waals surface area contributed by atoms with Crippen LogP contribution in [-0.2, 0) is 42.7 Å². The first-order valence-corrected chi connectivity index (χ1v) is 12.7. The Morgan fingerprint density at radius 3 is 1.14 bits per heavy atom. The Hall–Kier alpha value is -0.940. The minimum absolute atomic E-state index is 0.00368. The first-order chi connectivity index (χ1) is 16.9. The van der Waals surface area contributed by atoms with E-state index in [1.54, 1.807) is 21.3 Å². The highest BCUT2D eigenvalue weighted by Gasteiger charge is 2.04. The molecule has 0 heterocycles. The molecule has 0 spiro atoms. The van der Waals surface area contributed by atoms with E-state index in [4.69, 9.17) is 33.2 Å². The molecular weight excluding hydrogens is 456 g/mol. The average molecular weight is 513 g/mol. The van der Waals surface area contributed by atoms with Gasteiger partial charge in [0, 0.05) is 47.8 Å². The van der Waals surface area contributed by atoms with Crippen LogP contribution in [0, 0.1) is 0 Å². The quantitative estimate of drug-likeness (QED) is 0.166. The van der Waals surface area contributed by atoms with E-state index in [-0.39, 0.29) is 24.6 Å². The summed E-state index contributed by atoms with van der Waals surface area (Å²) in [5.41, 5.74) is 0. The molecule has 0 N–H and O–H groups in total. The standard InChI is InChI=1S/C8H14O3.C8H18O3.C6H14O2.C4H10O/c1-3-4-11-6-8(10)5-7(2)9;1-3-4-10-7-8-11-6-5-9-2;1-3-4-8-6-5-7-2;1-3-4-5-2/h3-6H2,1-2H3;3-8H2,1-2H3;3-6H2,1-2H3;3-4H2,1-2H3. The van der Waals surface area contributed by atoms with Crippen molar-refractivity contribution >= 4 is 11.6 Å². The van der Waals surface area contributed by atoms with Crippen molar-refractivity contribution < 1.29 is 42.7 Å². The normalized spacial score (nSPS) is 9.71. The van der Waals surface area contributed by atoms with E-state index in [1.807, 2.05) is 6.92 Å². The van der Waals surface area contributed by atoms with Crippen molar-refractivity contribution in [1.82, 2.24) is 0 Å². The highest BCUT2D eigenvalue weighted by molar-refractivity contribution is 5.98. The van der Waals surface area contributed by atoms with Gasteiger partial charge in [-0.2, -0.15) is 0 Å². The fraction of sp³-hybridized carbons (Fsp3) is 0.923. The van der Waals surface area contributed by atoms with E-state index >= 15 is 0 Å². The summed E-state index contributed by atoms with van der Waals surface area (Å²) in [7, 11) is 5.05. The minimum atomic E-state index is -0.133. The lowest BCUT2D eigenvalue weighted by molar-refractivity contribution is -0.128. The van der Waals surface area contributed by atoms with Crippen LogP contribution in [0.15, 0.2) is 0 Å². The van der Waals surface area contributed by atoms with Crippen molar-refractivity contribution in [2.75, 3.05) is 94.0 Å². The molecule has 0 aromatic heterocycles. The molecule has 0 atom stereocenters. The van der Waals surface area contributed by atoms with Gasteiger partial charge in [0.25, 0.3) is 0 Å². The smallest absolute Gasteiger partial charge is 0.165 e. The first kappa shape index (κ1) is 41.2. The molecule has 0 aliphatic rings. The summed E-state index contributed by atoms with van der Waals surface area (Å²) in [5, 5.41) is 0. The molecule has 0 rings (SSSR count). The van der Waals surface area contributed by atoms with E-state index in [1.165, 1.54) is 6.92 Å². The van der Waals surface area contributed by atoms with Crippen LogP contribution in [0.2, 0.25) is 0 Å². The molecule has 0 amide bonds. The average Bonchev–Trinajstić information content (AvgIpc) is 2.83. The molecule has 9 nitrogen and oxygen atoms in total. The second-order valence-electron chi connectivity index (χ2n) is 7.29. The number of Topliss-reactive ketones (excluding diaryl/α,β-unsaturated/α-hetero) is 2. The molecule has 35 heavy (non-hydrogen) atoms. The van der Waals surface area contributed by atoms with E-state index in [0.29, 0.717) is 39.6 Å². The lowest BCUT2D eigenvalue weighted by atomic mass is 10.2. The van der Waals surface area contributed by atoms with Gasteiger partial charge >= 0.3 is 0 Å². The van der Waals surface area contributed by atoms with Gasteiger partial charge in [0.2, 0.25) is 0 Å². The number of hydrogen-bond donors (Lipinski definition) is 0. The molecular formula is C26H56O9. The fourth-order valence-electron chi connectivity index (χ4n) is 1.86. The van der Waals surface area contributed by atoms with Gasteiger partial charge in [0.05, 0.1) is 46.1 Å². The lowest BCUT2D eigenvalue weighted by Gasteiger charge is -2.03. The molecule has 0 saturated heterocycles. The highest BCUT2D eigenvalue weighted by atomic mass is 16.5. The Bertz CT molecular complexity index is 364. The van der Waals surface area contributed by atoms with Gasteiger partial charge < -0.3 is 33.2 Å². The zero-order valence-corrected chi connectivity index (χ0v) is 24.0. The summed E-state index contributed by atoms with van der Waals surface area (Å²) in [4.78, 5) is 21.2. The largest absolute Gasteiger partial charge is 0.385 e. The van der Waals surface area contributed by atoms with Crippen LogP contribution in [0.4, 0.5) is 0 Å². The van der Waals surface area contributed by atoms with E-state index in [0.717, 1.165) is 52.1 Å². The van der Waals surface area contributed by atoms with Crippen LogP contribution >= 0.6 is 0 Å². The topological polar surface area (TPSA) is 98.8 Å². The van der Waals surface area contributed by atoms with E-state index in [9.17, 15) is 9.59 Å². The van der Waals surface area contributed by atoms with Crippen molar-refractivity contribution in [3.05, 3.63) is 0 Å². The van der Waals surface area contributed by atoms with Crippen LogP contribution in [-0.4, -0.2) is 106 Å². The van der Waals surface area contributed by atoms with Crippen LogP contribution in [0.1, 0.15) is 66.7 Å². The second-order valence-corrected chi connectivity index (χ2v) is 7.29. The molecule has 214 valence electrons. The Kier molecular flexibility index (Phi) is 50.8. The number of ketones is 2. The third-order valence-corrected chi connectivity index (χ3v) is 3.40. The Labute approximate surface area is 215 Å². The predicted molar refractivity (Wildman–Crippen MR) is 140 cm³/mol. The number of methoxy groups -OCH3 is 3. The van der Waals surface area contributed by atoms with Crippen molar-refractivity contribution in [2.45, 2.75) is 66.7 Å². The van der Waals surface area contributed by atoms with Gasteiger partial charge in [-0.1, -0.05) is 27.7 Å². The van der Waals surface area contributed by atoms with E-state index in [2.05, 4.69) is 20.8 Å². The maximum atomic E-state index is 10.8. The Balaban J connectivity index is -0.000000190.